The first-order chi connectivity index (χ1) is 7.59. The van der Waals surface area contributed by atoms with Crippen molar-refractivity contribution >= 4 is 0 Å². The van der Waals surface area contributed by atoms with E-state index < -0.39 is 0 Å². The Morgan fingerprint density at radius 3 is 2.94 bits per heavy atom. The highest BCUT2D eigenvalue weighted by Gasteiger charge is 2.32. The van der Waals surface area contributed by atoms with E-state index in [-0.39, 0.29) is 18.2 Å². The van der Waals surface area contributed by atoms with Crippen LogP contribution in [0.25, 0.3) is 0 Å². The van der Waals surface area contributed by atoms with Crippen LogP contribution in [0.3, 0.4) is 0 Å². The molecule has 94 valence electrons. The number of nitrogens with zero attached hydrogens (tertiary/aromatic N) is 1. The third-order valence-electron chi connectivity index (χ3n) is 3.40. The fourth-order valence-electron chi connectivity index (χ4n) is 2.90. The fraction of sp³-hybridized carbons (Fsp3) is 1.00. The van der Waals surface area contributed by atoms with Crippen LogP contribution in [0.1, 0.15) is 26.7 Å². The summed E-state index contributed by atoms with van der Waals surface area (Å²) in [5.74, 6) is 0. The van der Waals surface area contributed by atoms with Gasteiger partial charge in [-0.1, -0.05) is 0 Å². The van der Waals surface area contributed by atoms with E-state index in [1.54, 1.807) is 0 Å². The predicted octanol–water partition coefficient (Wildman–Crippen LogP) is 0.210. The van der Waals surface area contributed by atoms with Crippen LogP contribution in [0.5, 0.6) is 0 Å². The number of ether oxygens (including phenoxy) is 1. The van der Waals surface area contributed by atoms with E-state index in [2.05, 4.69) is 24.1 Å². The largest absolute Gasteiger partial charge is 0.395 e. The van der Waals surface area contributed by atoms with Crippen molar-refractivity contribution in [2.75, 3.05) is 32.8 Å². The summed E-state index contributed by atoms with van der Waals surface area (Å²) < 4.78 is 5.67. The van der Waals surface area contributed by atoms with Crippen LogP contribution in [0.4, 0.5) is 0 Å². The fourth-order valence-corrected chi connectivity index (χ4v) is 2.90. The van der Waals surface area contributed by atoms with Crippen molar-refractivity contribution in [1.29, 1.82) is 0 Å². The average molecular weight is 228 g/mol. The van der Waals surface area contributed by atoms with Gasteiger partial charge in [-0.2, -0.15) is 0 Å². The SMILES string of the molecule is CC1(C)CN(CC2CCCO2)CC(CO)N1. The Balaban J connectivity index is 1.87. The minimum atomic E-state index is 0.0876. The summed E-state index contributed by atoms with van der Waals surface area (Å²) in [4.78, 5) is 2.42. The first kappa shape index (κ1) is 12.3. The third-order valence-corrected chi connectivity index (χ3v) is 3.40. The van der Waals surface area contributed by atoms with Crippen molar-refractivity contribution in [3.05, 3.63) is 0 Å². The molecular weight excluding hydrogens is 204 g/mol. The van der Waals surface area contributed by atoms with Gasteiger partial charge in [-0.15, -0.1) is 0 Å². The Morgan fingerprint density at radius 2 is 2.31 bits per heavy atom. The van der Waals surface area contributed by atoms with Gasteiger partial charge in [0.2, 0.25) is 0 Å². The van der Waals surface area contributed by atoms with Crippen molar-refractivity contribution in [3.63, 3.8) is 0 Å². The van der Waals surface area contributed by atoms with Crippen LogP contribution in [0.2, 0.25) is 0 Å². The first-order valence-electron chi connectivity index (χ1n) is 6.31. The summed E-state index contributed by atoms with van der Waals surface area (Å²) in [6.07, 6.45) is 2.80. The van der Waals surface area contributed by atoms with Gasteiger partial charge in [0.1, 0.15) is 0 Å². The predicted molar refractivity (Wildman–Crippen MR) is 63.5 cm³/mol. The van der Waals surface area contributed by atoms with Gasteiger partial charge < -0.3 is 15.2 Å². The highest BCUT2D eigenvalue weighted by atomic mass is 16.5. The van der Waals surface area contributed by atoms with E-state index in [1.165, 1.54) is 12.8 Å². The zero-order valence-electron chi connectivity index (χ0n) is 10.4. The van der Waals surface area contributed by atoms with Gasteiger partial charge >= 0.3 is 0 Å². The van der Waals surface area contributed by atoms with E-state index in [1.807, 2.05) is 0 Å². The van der Waals surface area contributed by atoms with Crippen LogP contribution in [-0.4, -0.2) is 60.5 Å². The summed E-state index contributed by atoms with van der Waals surface area (Å²) in [7, 11) is 0. The Morgan fingerprint density at radius 1 is 1.50 bits per heavy atom. The maximum Gasteiger partial charge on any atom is 0.0702 e. The molecule has 0 bridgehead atoms. The Labute approximate surface area is 98.0 Å². The lowest BCUT2D eigenvalue weighted by atomic mass is 9.98. The number of nitrogens with one attached hydrogen (secondary N) is 1. The van der Waals surface area contributed by atoms with Crippen LogP contribution in [0, 0.1) is 0 Å². The van der Waals surface area contributed by atoms with E-state index in [0.29, 0.717) is 6.10 Å². The molecule has 2 saturated heterocycles. The Hall–Kier alpha value is -0.160. The molecule has 2 heterocycles. The Bertz CT molecular complexity index is 227. The molecule has 0 aliphatic carbocycles. The van der Waals surface area contributed by atoms with Gasteiger partial charge in [0.05, 0.1) is 12.7 Å². The van der Waals surface area contributed by atoms with E-state index in [0.717, 1.165) is 26.2 Å². The topological polar surface area (TPSA) is 44.7 Å². The number of hydrogen-bond donors (Lipinski definition) is 2. The summed E-state index contributed by atoms with van der Waals surface area (Å²) in [5, 5.41) is 12.7. The molecule has 0 radical (unpaired) electrons. The van der Waals surface area contributed by atoms with Crippen molar-refractivity contribution in [2.45, 2.75) is 44.4 Å². The lowest BCUT2D eigenvalue weighted by Gasteiger charge is -2.44. The van der Waals surface area contributed by atoms with Gasteiger partial charge in [0.15, 0.2) is 0 Å². The third kappa shape index (κ3) is 3.17. The van der Waals surface area contributed by atoms with Gasteiger partial charge in [-0.3, -0.25) is 4.90 Å². The second kappa shape index (κ2) is 5.00. The van der Waals surface area contributed by atoms with Gasteiger partial charge in [-0.05, 0) is 26.7 Å². The molecule has 0 saturated carbocycles. The molecule has 0 amide bonds. The molecule has 16 heavy (non-hydrogen) atoms. The quantitative estimate of drug-likeness (QED) is 0.725. The molecule has 4 nitrogen and oxygen atoms in total. The minimum Gasteiger partial charge on any atom is -0.395 e. The molecule has 2 rings (SSSR count). The molecule has 4 heteroatoms. The van der Waals surface area contributed by atoms with Crippen LogP contribution in [-0.2, 0) is 4.74 Å². The number of hydrogen-bond acceptors (Lipinski definition) is 4. The van der Waals surface area contributed by atoms with Gasteiger partial charge in [0.25, 0.3) is 0 Å². The Kier molecular flexibility index (Phi) is 3.85. The van der Waals surface area contributed by atoms with Crippen molar-refractivity contribution in [2.24, 2.45) is 0 Å². The summed E-state index contributed by atoms with van der Waals surface area (Å²) >= 11 is 0. The zero-order valence-corrected chi connectivity index (χ0v) is 10.4. The minimum absolute atomic E-state index is 0.0876. The molecule has 2 atom stereocenters. The second-order valence-electron chi connectivity index (χ2n) is 5.74. The zero-order chi connectivity index (χ0) is 11.6. The summed E-state index contributed by atoms with van der Waals surface area (Å²) in [6.45, 7) is 8.49. The van der Waals surface area contributed by atoms with Gasteiger partial charge in [0, 0.05) is 37.8 Å². The van der Waals surface area contributed by atoms with Gasteiger partial charge in [-0.25, -0.2) is 0 Å². The van der Waals surface area contributed by atoms with Crippen LogP contribution >= 0.6 is 0 Å². The van der Waals surface area contributed by atoms with Crippen molar-refractivity contribution in [1.82, 2.24) is 10.2 Å². The standard InChI is InChI=1S/C12H24N2O2/c1-12(2)9-14(6-10(8-15)13-12)7-11-4-3-5-16-11/h10-11,13,15H,3-9H2,1-2H3. The number of aliphatic hydroxyl groups excluding tert-OH is 1. The van der Waals surface area contributed by atoms with E-state index in [4.69, 9.17) is 4.74 Å². The molecule has 2 aliphatic heterocycles. The van der Waals surface area contributed by atoms with E-state index in [9.17, 15) is 5.11 Å². The molecule has 2 unspecified atom stereocenters. The van der Waals surface area contributed by atoms with Crippen LogP contribution in [0.15, 0.2) is 0 Å². The van der Waals surface area contributed by atoms with Crippen LogP contribution < -0.4 is 5.32 Å². The molecule has 2 N–H and O–H groups in total. The molecular formula is C12H24N2O2. The van der Waals surface area contributed by atoms with E-state index >= 15 is 0 Å². The van der Waals surface area contributed by atoms with Crippen molar-refractivity contribution < 1.29 is 9.84 Å². The molecule has 0 spiro atoms. The number of rotatable bonds is 3. The summed E-state index contributed by atoms with van der Waals surface area (Å²) in [5.41, 5.74) is 0.0876. The van der Waals surface area contributed by atoms with Crippen molar-refractivity contribution in [3.8, 4) is 0 Å². The maximum absolute atomic E-state index is 9.28. The number of aliphatic hydroxyl groups is 1. The lowest BCUT2D eigenvalue weighted by Crippen LogP contribution is -2.63. The normalized spacial score (nSPS) is 35.4. The lowest BCUT2D eigenvalue weighted by molar-refractivity contribution is 0.0317. The smallest absolute Gasteiger partial charge is 0.0702 e. The molecule has 2 fully saturated rings. The highest BCUT2D eigenvalue weighted by molar-refractivity contribution is 4.93. The molecule has 0 aromatic heterocycles. The molecule has 0 aromatic carbocycles. The maximum atomic E-state index is 9.28. The molecule has 2 aliphatic rings. The average Bonchev–Trinajstić information content (AvgIpc) is 2.67. The summed E-state index contributed by atoms with van der Waals surface area (Å²) in [6, 6.07) is 0.199. The first-order valence-corrected chi connectivity index (χ1v) is 6.31. The highest BCUT2D eigenvalue weighted by Crippen LogP contribution is 2.18. The second-order valence-corrected chi connectivity index (χ2v) is 5.74. The monoisotopic (exact) mass is 228 g/mol. The number of piperazine rings is 1. The molecule has 0 aromatic rings.